The summed E-state index contributed by atoms with van der Waals surface area (Å²) < 4.78 is 10.8. The molecule has 2 aromatic carbocycles. The summed E-state index contributed by atoms with van der Waals surface area (Å²) in [6.07, 6.45) is 4.49. The first kappa shape index (κ1) is 20.5. The molecule has 0 spiro atoms. The van der Waals surface area contributed by atoms with Crippen molar-refractivity contribution >= 4 is 16.9 Å². The lowest BCUT2D eigenvalue weighted by atomic mass is 9.98. The maximum Gasteiger partial charge on any atom is 0.224 e. The van der Waals surface area contributed by atoms with E-state index in [1.807, 2.05) is 24.3 Å². The summed E-state index contributed by atoms with van der Waals surface area (Å²) in [6.45, 7) is 6.14. The van der Waals surface area contributed by atoms with Crippen LogP contribution < -0.4 is 10.1 Å². The number of piperidine rings is 1. The Bertz CT molecular complexity index is 1000. The SMILES string of the molecule is COc1ccc2c(CC(=O)NCc3ccccc3CN3CCC(C)CC3)coc2c1. The molecule has 1 N–H and O–H groups in total. The molecule has 0 bridgehead atoms. The van der Waals surface area contributed by atoms with Crippen LogP contribution in [0.3, 0.4) is 0 Å². The number of rotatable bonds is 7. The molecule has 1 saturated heterocycles. The van der Waals surface area contributed by atoms with Gasteiger partial charge in [0.25, 0.3) is 0 Å². The zero-order valence-corrected chi connectivity index (χ0v) is 17.8. The molecule has 30 heavy (non-hydrogen) atoms. The highest BCUT2D eigenvalue weighted by molar-refractivity contribution is 5.88. The molecule has 0 atom stereocenters. The number of hydrogen-bond donors (Lipinski definition) is 1. The van der Waals surface area contributed by atoms with Crippen molar-refractivity contribution in [2.24, 2.45) is 5.92 Å². The summed E-state index contributed by atoms with van der Waals surface area (Å²) in [4.78, 5) is 15.1. The van der Waals surface area contributed by atoms with Crippen LogP contribution in [-0.2, 0) is 24.3 Å². The molecule has 0 saturated carbocycles. The van der Waals surface area contributed by atoms with E-state index in [1.165, 1.54) is 24.0 Å². The number of fused-ring (bicyclic) bond motifs is 1. The van der Waals surface area contributed by atoms with Gasteiger partial charge in [0, 0.05) is 30.1 Å². The highest BCUT2D eigenvalue weighted by atomic mass is 16.5. The maximum absolute atomic E-state index is 12.6. The van der Waals surface area contributed by atoms with E-state index in [2.05, 4.69) is 35.3 Å². The first-order valence-corrected chi connectivity index (χ1v) is 10.7. The van der Waals surface area contributed by atoms with Crippen molar-refractivity contribution in [2.75, 3.05) is 20.2 Å². The second-order valence-corrected chi connectivity index (χ2v) is 8.30. The second-order valence-electron chi connectivity index (χ2n) is 8.30. The smallest absolute Gasteiger partial charge is 0.224 e. The molecule has 0 radical (unpaired) electrons. The van der Waals surface area contributed by atoms with Crippen LogP contribution in [0.4, 0.5) is 0 Å². The van der Waals surface area contributed by atoms with Gasteiger partial charge in [-0.15, -0.1) is 0 Å². The Balaban J connectivity index is 1.36. The number of nitrogens with zero attached hydrogens (tertiary/aromatic N) is 1. The predicted molar refractivity (Wildman–Crippen MR) is 118 cm³/mol. The summed E-state index contributed by atoms with van der Waals surface area (Å²) >= 11 is 0. The van der Waals surface area contributed by atoms with Gasteiger partial charge in [0.2, 0.25) is 5.91 Å². The number of ether oxygens (including phenoxy) is 1. The molecule has 1 aromatic heterocycles. The molecule has 3 aromatic rings. The largest absolute Gasteiger partial charge is 0.497 e. The number of amides is 1. The van der Waals surface area contributed by atoms with E-state index in [1.54, 1.807) is 13.4 Å². The zero-order chi connectivity index (χ0) is 20.9. The van der Waals surface area contributed by atoms with E-state index in [9.17, 15) is 4.79 Å². The van der Waals surface area contributed by atoms with Crippen molar-refractivity contribution in [3.05, 3.63) is 65.4 Å². The fraction of sp³-hybridized carbons (Fsp3) is 0.400. The van der Waals surface area contributed by atoms with E-state index in [4.69, 9.17) is 9.15 Å². The molecule has 0 aliphatic carbocycles. The van der Waals surface area contributed by atoms with E-state index in [-0.39, 0.29) is 5.91 Å². The van der Waals surface area contributed by atoms with Crippen molar-refractivity contribution in [2.45, 2.75) is 39.3 Å². The Morgan fingerprint density at radius 3 is 2.67 bits per heavy atom. The molecular formula is C25H30N2O3. The molecule has 2 heterocycles. The molecule has 1 fully saturated rings. The van der Waals surface area contributed by atoms with E-state index in [0.717, 1.165) is 47.8 Å². The van der Waals surface area contributed by atoms with Gasteiger partial charge in [-0.25, -0.2) is 0 Å². The van der Waals surface area contributed by atoms with Gasteiger partial charge in [-0.1, -0.05) is 31.2 Å². The summed E-state index contributed by atoms with van der Waals surface area (Å²) in [5.74, 6) is 1.57. The Kier molecular flexibility index (Phi) is 6.38. The van der Waals surface area contributed by atoms with Gasteiger partial charge < -0.3 is 14.5 Å². The third-order valence-electron chi connectivity index (χ3n) is 6.08. The molecule has 158 valence electrons. The fourth-order valence-corrected chi connectivity index (χ4v) is 4.10. The number of furan rings is 1. The van der Waals surface area contributed by atoms with Crippen LogP contribution in [0.1, 0.15) is 36.5 Å². The summed E-state index contributed by atoms with van der Waals surface area (Å²) in [5, 5.41) is 4.04. The van der Waals surface area contributed by atoms with Crippen LogP contribution in [0.25, 0.3) is 11.0 Å². The van der Waals surface area contributed by atoms with Gasteiger partial charge in [0.05, 0.1) is 19.8 Å². The summed E-state index contributed by atoms with van der Waals surface area (Å²) in [6, 6.07) is 14.1. The Hall–Kier alpha value is -2.79. The third kappa shape index (κ3) is 4.85. The normalized spacial score (nSPS) is 15.4. The Morgan fingerprint density at radius 1 is 1.13 bits per heavy atom. The van der Waals surface area contributed by atoms with Crippen molar-refractivity contribution in [3.8, 4) is 5.75 Å². The topological polar surface area (TPSA) is 54.7 Å². The average molecular weight is 407 g/mol. The molecule has 1 aliphatic rings. The number of likely N-dealkylation sites (tertiary alicyclic amines) is 1. The van der Waals surface area contributed by atoms with Gasteiger partial charge in [-0.05, 0) is 55.1 Å². The van der Waals surface area contributed by atoms with Crippen LogP contribution in [0.2, 0.25) is 0 Å². The minimum Gasteiger partial charge on any atom is -0.497 e. The Labute approximate surface area is 178 Å². The van der Waals surface area contributed by atoms with Crippen molar-refractivity contribution in [1.29, 1.82) is 0 Å². The summed E-state index contributed by atoms with van der Waals surface area (Å²) in [7, 11) is 1.63. The lowest BCUT2D eigenvalue weighted by Crippen LogP contribution is -2.33. The van der Waals surface area contributed by atoms with E-state index >= 15 is 0 Å². The number of carbonyl (C=O) groups excluding carboxylic acids is 1. The number of benzene rings is 2. The van der Waals surface area contributed by atoms with Gasteiger partial charge in [0.15, 0.2) is 0 Å². The Morgan fingerprint density at radius 2 is 1.90 bits per heavy atom. The van der Waals surface area contributed by atoms with Crippen molar-refractivity contribution < 1.29 is 13.9 Å². The van der Waals surface area contributed by atoms with Crippen LogP contribution in [-0.4, -0.2) is 31.0 Å². The van der Waals surface area contributed by atoms with E-state index < -0.39 is 0 Å². The van der Waals surface area contributed by atoms with Gasteiger partial charge in [-0.2, -0.15) is 0 Å². The van der Waals surface area contributed by atoms with Crippen molar-refractivity contribution in [1.82, 2.24) is 10.2 Å². The molecule has 4 rings (SSSR count). The lowest BCUT2D eigenvalue weighted by molar-refractivity contribution is -0.120. The first-order valence-electron chi connectivity index (χ1n) is 10.7. The van der Waals surface area contributed by atoms with Crippen LogP contribution >= 0.6 is 0 Å². The number of methoxy groups -OCH3 is 1. The van der Waals surface area contributed by atoms with Gasteiger partial charge in [-0.3, -0.25) is 9.69 Å². The van der Waals surface area contributed by atoms with Gasteiger partial charge in [0.1, 0.15) is 11.3 Å². The second kappa shape index (κ2) is 9.35. The van der Waals surface area contributed by atoms with Crippen LogP contribution in [0, 0.1) is 5.92 Å². The number of hydrogen-bond acceptors (Lipinski definition) is 4. The minimum atomic E-state index is -0.00452. The third-order valence-corrected chi connectivity index (χ3v) is 6.08. The molecule has 1 amide bonds. The quantitative estimate of drug-likeness (QED) is 0.626. The fourth-order valence-electron chi connectivity index (χ4n) is 4.10. The highest BCUT2D eigenvalue weighted by Gasteiger charge is 2.17. The summed E-state index contributed by atoms with van der Waals surface area (Å²) in [5.41, 5.74) is 4.11. The first-order chi connectivity index (χ1) is 14.6. The average Bonchev–Trinajstić information content (AvgIpc) is 3.16. The zero-order valence-electron chi connectivity index (χ0n) is 17.8. The highest BCUT2D eigenvalue weighted by Crippen LogP contribution is 2.26. The van der Waals surface area contributed by atoms with Crippen molar-refractivity contribution in [3.63, 3.8) is 0 Å². The molecule has 5 heteroatoms. The standard InChI is InChI=1S/C25H30N2O3/c1-18-9-11-27(12-10-18)16-20-6-4-3-5-19(20)15-26-25(28)13-21-17-30-24-14-22(29-2)7-8-23(21)24/h3-8,14,17-18H,9-13,15-16H2,1-2H3,(H,26,28). The van der Waals surface area contributed by atoms with Crippen LogP contribution in [0.15, 0.2) is 53.1 Å². The van der Waals surface area contributed by atoms with E-state index in [0.29, 0.717) is 13.0 Å². The number of nitrogens with one attached hydrogen (secondary N) is 1. The van der Waals surface area contributed by atoms with Crippen LogP contribution in [0.5, 0.6) is 5.75 Å². The minimum absolute atomic E-state index is 0.00452. The monoisotopic (exact) mass is 406 g/mol. The predicted octanol–water partition coefficient (Wildman–Crippen LogP) is 4.53. The lowest BCUT2D eigenvalue weighted by Gasteiger charge is -2.30. The molecular weight excluding hydrogens is 376 g/mol. The molecule has 1 aliphatic heterocycles. The maximum atomic E-state index is 12.6. The van der Waals surface area contributed by atoms with Gasteiger partial charge >= 0.3 is 0 Å². The molecule has 0 unspecified atom stereocenters. The molecule has 5 nitrogen and oxygen atoms in total. The number of carbonyl (C=O) groups is 1.